The molecule has 22 heavy (non-hydrogen) atoms. The van der Waals surface area contributed by atoms with E-state index in [4.69, 9.17) is 12.2 Å². The lowest BCUT2D eigenvalue weighted by Crippen LogP contribution is -3.18. The Hall–Kier alpha value is -0.650. The van der Waals surface area contributed by atoms with E-state index in [9.17, 15) is 0 Å². The number of nitrogens with one attached hydrogen (secondary N) is 2. The molecule has 0 atom stereocenters. The van der Waals surface area contributed by atoms with Crippen LogP contribution in [0.15, 0.2) is 28.7 Å². The molecule has 3 nitrogen and oxygen atoms in total. The largest absolute Gasteiger partial charge is 0.338 e. The van der Waals surface area contributed by atoms with E-state index < -0.39 is 0 Å². The quantitative estimate of drug-likeness (QED) is 0.767. The summed E-state index contributed by atoms with van der Waals surface area (Å²) in [7, 11) is 0. The van der Waals surface area contributed by atoms with Crippen LogP contribution in [0.25, 0.3) is 0 Å². The fourth-order valence-corrected chi connectivity index (χ4v) is 4.22. The Morgan fingerprint density at radius 2 is 1.73 bits per heavy atom. The Morgan fingerprint density at radius 1 is 1.09 bits per heavy atom. The number of hydrogen-bond donors (Lipinski definition) is 2. The van der Waals surface area contributed by atoms with Gasteiger partial charge in [0.05, 0.1) is 32.2 Å². The summed E-state index contributed by atoms with van der Waals surface area (Å²) >= 11 is 9.04. The van der Waals surface area contributed by atoms with Crippen molar-refractivity contribution in [3.63, 3.8) is 0 Å². The van der Waals surface area contributed by atoms with Crippen LogP contribution in [0.5, 0.6) is 0 Å². The highest BCUT2D eigenvalue weighted by Crippen LogP contribution is 2.16. The second kappa shape index (κ2) is 7.75. The third-order valence-electron chi connectivity index (χ3n) is 4.97. The van der Waals surface area contributed by atoms with Gasteiger partial charge < -0.3 is 15.1 Å². The Labute approximate surface area is 147 Å². The number of nitrogens with zero attached hydrogens (tertiary/aromatic N) is 1. The van der Waals surface area contributed by atoms with Gasteiger partial charge in [-0.25, -0.2) is 0 Å². The van der Waals surface area contributed by atoms with Gasteiger partial charge in [-0.15, -0.1) is 0 Å². The number of benzene rings is 1. The Bertz CT molecular complexity index is 491. The second-order valence-corrected chi connectivity index (χ2v) is 7.72. The van der Waals surface area contributed by atoms with Crippen LogP contribution in [0.1, 0.15) is 32.1 Å². The van der Waals surface area contributed by atoms with E-state index in [0.29, 0.717) is 0 Å². The van der Waals surface area contributed by atoms with Gasteiger partial charge >= 0.3 is 0 Å². The highest BCUT2D eigenvalue weighted by Gasteiger charge is 2.29. The summed E-state index contributed by atoms with van der Waals surface area (Å²) in [6, 6.07) is 9.09. The van der Waals surface area contributed by atoms with Crippen molar-refractivity contribution in [3.05, 3.63) is 28.7 Å². The van der Waals surface area contributed by atoms with Gasteiger partial charge in [0.15, 0.2) is 5.11 Å². The first kappa shape index (κ1) is 16.2. The third kappa shape index (κ3) is 4.21. The molecule has 2 aliphatic rings. The van der Waals surface area contributed by atoms with Crippen molar-refractivity contribution in [2.24, 2.45) is 0 Å². The minimum Gasteiger partial charge on any atom is -0.338 e. The van der Waals surface area contributed by atoms with E-state index in [1.54, 1.807) is 0 Å². The fraction of sp³-hybridized carbons (Fsp3) is 0.588. The Morgan fingerprint density at radius 3 is 2.36 bits per heavy atom. The lowest BCUT2D eigenvalue weighted by Gasteiger charge is -2.38. The topological polar surface area (TPSA) is 19.7 Å². The van der Waals surface area contributed by atoms with Gasteiger partial charge in [-0.2, -0.15) is 0 Å². The molecule has 0 bridgehead atoms. The molecule has 5 heteroatoms. The predicted octanol–water partition coefficient (Wildman–Crippen LogP) is 2.68. The molecule has 3 rings (SSSR count). The molecule has 0 spiro atoms. The Kier molecular flexibility index (Phi) is 5.71. The molecule has 1 saturated heterocycles. The van der Waals surface area contributed by atoms with Crippen molar-refractivity contribution in [3.8, 4) is 0 Å². The fourth-order valence-electron chi connectivity index (χ4n) is 3.65. The van der Waals surface area contributed by atoms with Gasteiger partial charge in [-0.05, 0) is 62.2 Å². The maximum Gasteiger partial charge on any atom is 0.173 e. The van der Waals surface area contributed by atoms with Crippen LogP contribution in [0.3, 0.4) is 0 Å². The molecule has 0 radical (unpaired) electrons. The van der Waals surface area contributed by atoms with E-state index >= 15 is 0 Å². The first-order chi connectivity index (χ1) is 10.7. The van der Waals surface area contributed by atoms with Crippen LogP contribution in [0.2, 0.25) is 0 Å². The molecule has 1 aromatic carbocycles. The number of thiocarbonyl (C=S) groups is 1. The molecular formula is C17H25BrN3S+. The molecule has 2 fully saturated rings. The summed E-state index contributed by atoms with van der Waals surface area (Å²) in [6.45, 7) is 4.61. The molecular weight excluding hydrogens is 358 g/mol. The minimum absolute atomic E-state index is 0.866. The average molecular weight is 383 g/mol. The normalized spacial score (nSPS) is 20.9. The molecule has 0 unspecified atom stereocenters. The Balaban J connectivity index is 1.48. The van der Waals surface area contributed by atoms with Crippen LogP contribution in [0.4, 0.5) is 5.69 Å². The van der Waals surface area contributed by atoms with E-state index in [-0.39, 0.29) is 0 Å². The first-order valence-corrected chi connectivity index (χ1v) is 9.58. The van der Waals surface area contributed by atoms with E-state index in [1.165, 1.54) is 45.2 Å². The number of quaternary nitrogens is 1. The molecule has 0 amide bonds. The summed E-state index contributed by atoms with van der Waals surface area (Å²) in [6.07, 6.45) is 7.16. The molecule has 1 saturated carbocycles. The van der Waals surface area contributed by atoms with Crippen LogP contribution in [0, 0.1) is 0 Å². The number of hydrogen-bond acceptors (Lipinski definition) is 1. The van der Waals surface area contributed by atoms with Crippen LogP contribution in [-0.2, 0) is 0 Å². The standard InChI is InChI=1S/C17H24BrN3S/c18-14-6-8-15(9-7-14)19-17(22)21-12-10-20(11-13-21)16-4-2-1-3-5-16/h6-9,16H,1-5,10-13H2,(H,19,22)/p+1. The highest BCUT2D eigenvalue weighted by atomic mass is 79.9. The summed E-state index contributed by atoms with van der Waals surface area (Å²) in [4.78, 5) is 4.13. The van der Waals surface area contributed by atoms with Gasteiger partial charge in [-0.3, -0.25) is 0 Å². The zero-order valence-corrected chi connectivity index (χ0v) is 15.4. The summed E-state index contributed by atoms with van der Waals surface area (Å²) in [5, 5.41) is 4.23. The SMILES string of the molecule is S=C(Nc1ccc(Br)cc1)N1CC[NH+](C2CCCCC2)CC1. The first-order valence-electron chi connectivity index (χ1n) is 8.38. The van der Waals surface area contributed by atoms with Gasteiger partial charge in [0.2, 0.25) is 0 Å². The molecule has 1 aliphatic heterocycles. The average Bonchev–Trinajstić information content (AvgIpc) is 2.58. The smallest absolute Gasteiger partial charge is 0.173 e. The maximum atomic E-state index is 5.58. The van der Waals surface area contributed by atoms with Crippen LogP contribution < -0.4 is 10.2 Å². The lowest BCUT2D eigenvalue weighted by molar-refractivity contribution is -0.930. The highest BCUT2D eigenvalue weighted by molar-refractivity contribution is 9.10. The molecule has 1 aromatic rings. The van der Waals surface area contributed by atoms with Gasteiger partial charge in [-0.1, -0.05) is 22.4 Å². The molecule has 1 heterocycles. The summed E-state index contributed by atoms with van der Waals surface area (Å²) in [5.74, 6) is 0. The molecule has 2 N–H and O–H groups in total. The minimum atomic E-state index is 0.866. The molecule has 120 valence electrons. The third-order valence-corrected chi connectivity index (χ3v) is 5.86. The summed E-state index contributed by atoms with van der Waals surface area (Å²) < 4.78 is 1.09. The van der Waals surface area contributed by atoms with E-state index in [2.05, 4.69) is 38.3 Å². The number of piperazine rings is 1. The predicted molar refractivity (Wildman–Crippen MR) is 99.5 cm³/mol. The van der Waals surface area contributed by atoms with Crippen molar-refractivity contribution in [2.75, 3.05) is 31.5 Å². The van der Waals surface area contributed by atoms with Gasteiger partial charge in [0.1, 0.15) is 0 Å². The monoisotopic (exact) mass is 382 g/mol. The van der Waals surface area contributed by atoms with Gasteiger partial charge in [0, 0.05) is 10.2 Å². The van der Waals surface area contributed by atoms with E-state index in [0.717, 1.165) is 34.4 Å². The second-order valence-electron chi connectivity index (χ2n) is 6.42. The van der Waals surface area contributed by atoms with Crippen molar-refractivity contribution in [1.82, 2.24) is 4.90 Å². The zero-order chi connectivity index (χ0) is 15.4. The van der Waals surface area contributed by atoms with E-state index in [1.807, 2.05) is 17.0 Å². The number of halogens is 1. The van der Waals surface area contributed by atoms with Gasteiger partial charge in [0.25, 0.3) is 0 Å². The lowest BCUT2D eigenvalue weighted by atomic mass is 9.94. The van der Waals surface area contributed by atoms with Crippen LogP contribution in [-0.4, -0.2) is 42.2 Å². The zero-order valence-electron chi connectivity index (χ0n) is 13.0. The van der Waals surface area contributed by atoms with Crippen LogP contribution >= 0.6 is 28.1 Å². The van der Waals surface area contributed by atoms with Crippen molar-refractivity contribution in [2.45, 2.75) is 38.1 Å². The molecule has 0 aromatic heterocycles. The van der Waals surface area contributed by atoms with Crippen molar-refractivity contribution < 1.29 is 4.90 Å². The maximum absolute atomic E-state index is 5.58. The molecule has 1 aliphatic carbocycles. The van der Waals surface area contributed by atoms with Crippen molar-refractivity contribution >= 4 is 38.9 Å². The number of rotatable bonds is 2. The van der Waals surface area contributed by atoms with Crippen molar-refractivity contribution in [1.29, 1.82) is 0 Å². The summed E-state index contributed by atoms with van der Waals surface area (Å²) in [5.41, 5.74) is 1.07. The number of anilines is 1.